The first-order valence-corrected chi connectivity index (χ1v) is 6.84. The summed E-state index contributed by atoms with van der Waals surface area (Å²) in [6.45, 7) is 1.90. The summed E-state index contributed by atoms with van der Waals surface area (Å²) in [7, 11) is -3.49. The Bertz CT molecular complexity index is 631. The van der Waals surface area contributed by atoms with Crippen LogP contribution in [0.15, 0.2) is 58.3 Å². The van der Waals surface area contributed by atoms with Crippen molar-refractivity contribution in [2.75, 3.05) is 5.48 Å². The first-order chi connectivity index (χ1) is 8.54. The molecule has 0 aliphatic rings. The average Bonchev–Trinajstić information content (AvgIpc) is 2.39. The standard InChI is InChI=1S/C13H13NO3S/c1-10-2-6-12(7-3-10)18(16,17)13-8-4-11(14-15)5-9-13/h2-9,14-15H,1H3. The van der Waals surface area contributed by atoms with E-state index in [0.29, 0.717) is 5.69 Å². The minimum absolute atomic E-state index is 0.199. The van der Waals surface area contributed by atoms with Gasteiger partial charge in [0.05, 0.1) is 15.5 Å². The highest BCUT2D eigenvalue weighted by Gasteiger charge is 2.16. The van der Waals surface area contributed by atoms with E-state index in [1.165, 1.54) is 24.3 Å². The molecule has 0 atom stereocenters. The predicted molar refractivity (Wildman–Crippen MR) is 68.5 cm³/mol. The average molecular weight is 263 g/mol. The second-order valence-corrected chi connectivity index (χ2v) is 5.90. The van der Waals surface area contributed by atoms with E-state index in [9.17, 15) is 8.42 Å². The monoisotopic (exact) mass is 263 g/mol. The molecule has 0 aliphatic carbocycles. The number of hydrogen-bond donors (Lipinski definition) is 2. The maximum atomic E-state index is 12.3. The van der Waals surface area contributed by atoms with Gasteiger partial charge in [-0.05, 0) is 43.3 Å². The zero-order valence-corrected chi connectivity index (χ0v) is 10.6. The minimum atomic E-state index is -3.49. The highest BCUT2D eigenvalue weighted by atomic mass is 32.2. The van der Waals surface area contributed by atoms with E-state index >= 15 is 0 Å². The van der Waals surface area contributed by atoms with E-state index in [1.54, 1.807) is 24.3 Å². The van der Waals surface area contributed by atoms with Crippen LogP contribution in [0.1, 0.15) is 5.56 Å². The van der Waals surface area contributed by atoms with Crippen molar-refractivity contribution in [3.8, 4) is 0 Å². The summed E-state index contributed by atoms with van der Waals surface area (Å²) in [5, 5.41) is 8.68. The van der Waals surface area contributed by atoms with E-state index in [4.69, 9.17) is 5.21 Å². The quantitative estimate of drug-likeness (QED) is 0.835. The van der Waals surface area contributed by atoms with Gasteiger partial charge in [-0.25, -0.2) is 8.42 Å². The first kappa shape index (κ1) is 12.6. The molecule has 2 rings (SSSR count). The molecule has 2 aromatic rings. The second-order valence-electron chi connectivity index (χ2n) is 3.95. The molecule has 0 unspecified atom stereocenters. The number of hydrogen-bond acceptors (Lipinski definition) is 4. The van der Waals surface area contributed by atoms with Crippen molar-refractivity contribution >= 4 is 15.5 Å². The fourth-order valence-corrected chi connectivity index (χ4v) is 2.82. The number of aryl methyl sites for hydroxylation is 1. The number of rotatable bonds is 3. The van der Waals surface area contributed by atoms with Crippen LogP contribution in [0.5, 0.6) is 0 Å². The third-order valence-corrected chi connectivity index (χ3v) is 4.41. The Morgan fingerprint density at radius 2 is 1.33 bits per heavy atom. The van der Waals surface area contributed by atoms with Crippen molar-refractivity contribution in [2.45, 2.75) is 16.7 Å². The summed E-state index contributed by atoms with van der Waals surface area (Å²) in [6.07, 6.45) is 0. The molecular formula is C13H13NO3S. The predicted octanol–water partition coefficient (Wildman–Crippen LogP) is 2.63. The summed E-state index contributed by atoms with van der Waals surface area (Å²) < 4.78 is 24.5. The van der Waals surface area contributed by atoms with E-state index < -0.39 is 9.84 Å². The SMILES string of the molecule is Cc1ccc(S(=O)(=O)c2ccc(NO)cc2)cc1. The van der Waals surface area contributed by atoms with E-state index in [0.717, 1.165) is 5.56 Å². The van der Waals surface area contributed by atoms with Gasteiger partial charge < -0.3 is 0 Å². The Kier molecular flexibility index (Phi) is 3.36. The molecule has 2 aromatic carbocycles. The largest absolute Gasteiger partial charge is 0.291 e. The Labute approximate surface area is 106 Å². The van der Waals surface area contributed by atoms with Crippen molar-refractivity contribution in [1.29, 1.82) is 0 Å². The summed E-state index contributed by atoms with van der Waals surface area (Å²) in [4.78, 5) is 0.461. The molecule has 0 aliphatic heterocycles. The van der Waals surface area contributed by atoms with Crippen LogP contribution in [0, 0.1) is 6.92 Å². The molecule has 0 radical (unpaired) electrons. The van der Waals surface area contributed by atoms with E-state index in [1.807, 2.05) is 12.4 Å². The Morgan fingerprint density at radius 1 is 0.889 bits per heavy atom. The molecule has 0 aromatic heterocycles. The smallest absolute Gasteiger partial charge is 0.206 e. The number of anilines is 1. The molecule has 4 nitrogen and oxygen atoms in total. The maximum Gasteiger partial charge on any atom is 0.206 e. The molecule has 0 heterocycles. The van der Waals surface area contributed by atoms with Gasteiger partial charge in [0.25, 0.3) is 0 Å². The van der Waals surface area contributed by atoms with Gasteiger partial charge in [0.1, 0.15) is 0 Å². The second kappa shape index (κ2) is 4.80. The molecule has 0 amide bonds. The normalized spacial score (nSPS) is 11.2. The van der Waals surface area contributed by atoms with Gasteiger partial charge in [0.15, 0.2) is 0 Å². The Hall–Kier alpha value is -1.85. The summed E-state index contributed by atoms with van der Waals surface area (Å²) in [5.41, 5.74) is 3.41. The van der Waals surface area contributed by atoms with Crippen LogP contribution in [0.25, 0.3) is 0 Å². The molecule has 0 saturated carbocycles. The van der Waals surface area contributed by atoms with Gasteiger partial charge in [-0.3, -0.25) is 10.7 Å². The van der Waals surface area contributed by atoms with Crippen LogP contribution in [-0.4, -0.2) is 13.6 Å². The van der Waals surface area contributed by atoms with Gasteiger partial charge in [0.2, 0.25) is 9.84 Å². The fourth-order valence-electron chi connectivity index (χ4n) is 1.56. The molecule has 0 bridgehead atoms. The van der Waals surface area contributed by atoms with E-state index in [2.05, 4.69) is 0 Å². The highest BCUT2D eigenvalue weighted by Crippen LogP contribution is 2.22. The van der Waals surface area contributed by atoms with Crippen LogP contribution in [0.2, 0.25) is 0 Å². The zero-order chi connectivity index (χ0) is 13.2. The molecular weight excluding hydrogens is 250 g/mol. The van der Waals surface area contributed by atoms with Crippen molar-refractivity contribution in [3.05, 3.63) is 54.1 Å². The molecule has 0 fully saturated rings. The number of benzene rings is 2. The summed E-state index contributed by atoms with van der Waals surface area (Å²) in [6, 6.07) is 12.6. The molecule has 2 N–H and O–H groups in total. The van der Waals surface area contributed by atoms with Gasteiger partial charge in [-0.15, -0.1) is 0 Å². The molecule has 18 heavy (non-hydrogen) atoms. The van der Waals surface area contributed by atoms with Crippen molar-refractivity contribution in [2.24, 2.45) is 0 Å². The molecule has 5 heteroatoms. The highest BCUT2D eigenvalue weighted by molar-refractivity contribution is 7.91. The Morgan fingerprint density at radius 3 is 1.78 bits per heavy atom. The Balaban J connectivity index is 2.44. The van der Waals surface area contributed by atoms with E-state index in [-0.39, 0.29) is 9.79 Å². The number of nitrogens with one attached hydrogen (secondary N) is 1. The van der Waals surface area contributed by atoms with Gasteiger partial charge in [-0.2, -0.15) is 0 Å². The summed E-state index contributed by atoms with van der Waals surface area (Å²) in [5.74, 6) is 0. The van der Waals surface area contributed by atoms with Crippen LogP contribution in [0.4, 0.5) is 5.69 Å². The number of sulfone groups is 1. The minimum Gasteiger partial charge on any atom is -0.291 e. The van der Waals surface area contributed by atoms with Crippen molar-refractivity contribution in [1.82, 2.24) is 0 Å². The third kappa shape index (κ3) is 2.37. The lowest BCUT2D eigenvalue weighted by Gasteiger charge is -2.06. The van der Waals surface area contributed by atoms with Gasteiger partial charge in [-0.1, -0.05) is 17.7 Å². The van der Waals surface area contributed by atoms with Crippen molar-refractivity contribution in [3.63, 3.8) is 0 Å². The first-order valence-electron chi connectivity index (χ1n) is 5.36. The maximum absolute atomic E-state index is 12.3. The summed E-state index contributed by atoms with van der Waals surface area (Å²) >= 11 is 0. The lowest BCUT2D eigenvalue weighted by Crippen LogP contribution is -2.02. The van der Waals surface area contributed by atoms with Crippen LogP contribution in [-0.2, 0) is 9.84 Å². The lowest BCUT2D eigenvalue weighted by atomic mass is 10.2. The molecule has 94 valence electrons. The van der Waals surface area contributed by atoms with Gasteiger partial charge >= 0.3 is 0 Å². The van der Waals surface area contributed by atoms with Crippen LogP contribution in [0.3, 0.4) is 0 Å². The lowest BCUT2D eigenvalue weighted by molar-refractivity contribution is 0.389. The third-order valence-electron chi connectivity index (χ3n) is 2.63. The zero-order valence-electron chi connectivity index (χ0n) is 9.79. The van der Waals surface area contributed by atoms with Gasteiger partial charge in [0, 0.05) is 0 Å². The molecule has 0 spiro atoms. The topological polar surface area (TPSA) is 66.4 Å². The van der Waals surface area contributed by atoms with Crippen molar-refractivity contribution < 1.29 is 13.6 Å². The fraction of sp³-hybridized carbons (Fsp3) is 0.0769. The molecule has 0 saturated heterocycles. The van der Waals surface area contributed by atoms with Crippen LogP contribution >= 0.6 is 0 Å². The van der Waals surface area contributed by atoms with Crippen LogP contribution < -0.4 is 5.48 Å².